The smallest absolute Gasteiger partial charge is 0.235 e. The Morgan fingerprint density at radius 2 is 1.95 bits per heavy atom. The van der Waals surface area contributed by atoms with Crippen molar-refractivity contribution in [3.05, 3.63) is 28.7 Å². The minimum absolute atomic E-state index is 0.0458. The lowest BCUT2D eigenvalue weighted by Crippen LogP contribution is -2.45. The molecular formula is C14H19BrN2OS. The van der Waals surface area contributed by atoms with Gasteiger partial charge in [-0.3, -0.25) is 4.79 Å². The molecule has 0 aliphatic carbocycles. The molecule has 2 rings (SSSR count). The number of nitrogens with two attached hydrogens (primary N) is 1. The van der Waals surface area contributed by atoms with E-state index in [4.69, 9.17) is 5.73 Å². The average Bonchev–Trinajstić information content (AvgIpc) is 2.41. The maximum atomic E-state index is 12.3. The van der Waals surface area contributed by atoms with Crippen molar-refractivity contribution in [1.29, 1.82) is 0 Å². The molecule has 0 spiro atoms. The number of hydrogen-bond acceptors (Lipinski definition) is 3. The van der Waals surface area contributed by atoms with E-state index in [0.29, 0.717) is 0 Å². The van der Waals surface area contributed by atoms with E-state index in [2.05, 4.69) is 15.9 Å². The zero-order valence-corrected chi connectivity index (χ0v) is 13.4. The third-order valence-corrected chi connectivity index (χ3v) is 4.95. The van der Waals surface area contributed by atoms with E-state index in [1.165, 1.54) is 0 Å². The molecule has 1 fully saturated rings. The topological polar surface area (TPSA) is 46.3 Å². The Kier molecular flexibility index (Phi) is 5.30. The zero-order valence-electron chi connectivity index (χ0n) is 11.0. The number of nitrogens with zero attached hydrogens (tertiary/aromatic N) is 1. The Hall–Kier alpha value is -0.520. The molecule has 0 saturated carbocycles. The van der Waals surface area contributed by atoms with E-state index in [9.17, 15) is 4.79 Å². The normalized spacial score (nSPS) is 18.4. The van der Waals surface area contributed by atoms with Gasteiger partial charge in [-0.2, -0.15) is 0 Å². The number of thioether (sulfide) groups is 1. The lowest BCUT2D eigenvalue weighted by Gasteiger charge is -2.31. The van der Waals surface area contributed by atoms with Crippen LogP contribution in [-0.4, -0.2) is 35.2 Å². The Labute approximate surface area is 127 Å². The van der Waals surface area contributed by atoms with Crippen LogP contribution < -0.4 is 5.73 Å². The fourth-order valence-corrected chi connectivity index (χ4v) is 3.36. The first kappa shape index (κ1) is 14.9. The SMILES string of the molecule is CC(Sc1ccc(Br)cc1)C(=O)N1CCC(N)CC1. The molecule has 104 valence electrons. The van der Waals surface area contributed by atoms with E-state index in [1.54, 1.807) is 11.8 Å². The molecule has 3 nitrogen and oxygen atoms in total. The molecule has 0 radical (unpaired) electrons. The molecule has 1 aliphatic rings. The number of carbonyl (C=O) groups is 1. The molecule has 1 amide bonds. The van der Waals surface area contributed by atoms with Crippen LogP contribution in [0.15, 0.2) is 33.6 Å². The number of carbonyl (C=O) groups excluding carboxylic acids is 1. The van der Waals surface area contributed by atoms with Crippen molar-refractivity contribution >= 4 is 33.6 Å². The van der Waals surface area contributed by atoms with Gasteiger partial charge in [0.25, 0.3) is 0 Å². The van der Waals surface area contributed by atoms with Gasteiger partial charge in [0.1, 0.15) is 0 Å². The lowest BCUT2D eigenvalue weighted by molar-refractivity contribution is -0.131. The van der Waals surface area contributed by atoms with Gasteiger partial charge in [0, 0.05) is 28.5 Å². The van der Waals surface area contributed by atoms with Crippen molar-refractivity contribution in [1.82, 2.24) is 4.90 Å². The van der Waals surface area contributed by atoms with Gasteiger partial charge in [-0.25, -0.2) is 0 Å². The zero-order chi connectivity index (χ0) is 13.8. The number of halogens is 1. The molecule has 1 unspecified atom stereocenters. The Morgan fingerprint density at radius 3 is 2.53 bits per heavy atom. The second kappa shape index (κ2) is 6.77. The predicted octanol–water partition coefficient (Wildman–Crippen LogP) is 2.88. The molecule has 1 aromatic carbocycles. The first-order chi connectivity index (χ1) is 9.06. The van der Waals surface area contributed by atoms with E-state index in [0.717, 1.165) is 35.3 Å². The number of rotatable bonds is 3. The van der Waals surface area contributed by atoms with Crippen LogP contribution in [0.3, 0.4) is 0 Å². The molecule has 1 aromatic rings. The largest absolute Gasteiger partial charge is 0.342 e. The number of likely N-dealkylation sites (tertiary alicyclic amines) is 1. The van der Waals surface area contributed by atoms with Crippen LogP contribution in [0, 0.1) is 0 Å². The number of benzene rings is 1. The summed E-state index contributed by atoms with van der Waals surface area (Å²) >= 11 is 5.02. The van der Waals surface area contributed by atoms with Crippen molar-refractivity contribution in [2.75, 3.05) is 13.1 Å². The highest BCUT2D eigenvalue weighted by Crippen LogP contribution is 2.26. The van der Waals surface area contributed by atoms with Crippen LogP contribution >= 0.6 is 27.7 Å². The third-order valence-electron chi connectivity index (χ3n) is 3.33. The van der Waals surface area contributed by atoms with Crippen LogP contribution in [0.25, 0.3) is 0 Å². The summed E-state index contributed by atoms with van der Waals surface area (Å²) in [4.78, 5) is 15.4. The maximum absolute atomic E-state index is 12.3. The van der Waals surface area contributed by atoms with Gasteiger partial charge in [0.15, 0.2) is 0 Å². The molecule has 1 heterocycles. The first-order valence-electron chi connectivity index (χ1n) is 6.53. The van der Waals surface area contributed by atoms with Crippen LogP contribution in [-0.2, 0) is 4.79 Å². The van der Waals surface area contributed by atoms with Crippen LogP contribution in [0.5, 0.6) is 0 Å². The fourth-order valence-electron chi connectivity index (χ4n) is 2.14. The number of amides is 1. The standard InChI is InChI=1S/C14H19BrN2OS/c1-10(19-13-4-2-11(15)3-5-13)14(18)17-8-6-12(16)7-9-17/h2-5,10,12H,6-9,16H2,1H3. The maximum Gasteiger partial charge on any atom is 0.235 e. The first-order valence-corrected chi connectivity index (χ1v) is 8.20. The second-order valence-electron chi connectivity index (χ2n) is 4.88. The Balaban J connectivity index is 1.90. The van der Waals surface area contributed by atoms with Gasteiger partial charge in [0.2, 0.25) is 5.91 Å². The van der Waals surface area contributed by atoms with E-state index < -0.39 is 0 Å². The van der Waals surface area contributed by atoms with Crippen molar-refractivity contribution in [3.63, 3.8) is 0 Å². The highest BCUT2D eigenvalue weighted by atomic mass is 79.9. The summed E-state index contributed by atoms with van der Waals surface area (Å²) in [5.41, 5.74) is 5.86. The molecule has 1 saturated heterocycles. The van der Waals surface area contributed by atoms with Gasteiger partial charge in [-0.1, -0.05) is 15.9 Å². The highest BCUT2D eigenvalue weighted by Gasteiger charge is 2.25. The molecule has 0 aromatic heterocycles. The van der Waals surface area contributed by atoms with Gasteiger partial charge in [-0.15, -0.1) is 11.8 Å². The molecule has 5 heteroatoms. The summed E-state index contributed by atoms with van der Waals surface area (Å²) in [5, 5.41) is -0.0458. The summed E-state index contributed by atoms with van der Waals surface area (Å²) in [5.74, 6) is 0.222. The van der Waals surface area contributed by atoms with E-state index in [1.807, 2.05) is 36.1 Å². The van der Waals surface area contributed by atoms with Crippen molar-refractivity contribution in [2.24, 2.45) is 5.73 Å². The molecule has 19 heavy (non-hydrogen) atoms. The molecule has 1 atom stereocenters. The molecular weight excluding hydrogens is 324 g/mol. The summed E-state index contributed by atoms with van der Waals surface area (Å²) < 4.78 is 1.06. The summed E-state index contributed by atoms with van der Waals surface area (Å²) in [6.45, 7) is 3.57. The van der Waals surface area contributed by atoms with Gasteiger partial charge in [-0.05, 0) is 44.0 Å². The van der Waals surface area contributed by atoms with Crippen LogP contribution in [0.4, 0.5) is 0 Å². The van der Waals surface area contributed by atoms with Crippen molar-refractivity contribution < 1.29 is 4.79 Å². The van der Waals surface area contributed by atoms with Crippen molar-refractivity contribution in [3.8, 4) is 0 Å². The minimum atomic E-state index is -0.0458. The highest BCUT2D eigenvalue weighted by molar-refractivity contribution is 9.10. The summed E-state index contributed by atoms with van der Waals surface area (Å²) in [6.07, 6.45) is 1.84. The van der Waals surface area contributed by atoms with E-state index in [-0.39, 0.29) is 17.2 Å². The second-order valence-corrected chi connectivity index (χ2v) is 7.21. The summed E-state index contributed by atoms with van der Waals surface area (Å²) in [7, 11) is 0. The quantitative estimate of drug-likeness (QED) is 0.859. The van der Waals surface area contributed by atoms with Crippen LogP contribution in [0.2, 0.25) is 0 Å². The number of piperidine rings is 1. The van der Waals surface area contributed by atoms with Crippen molar-refractivity contribution in [2.45, 2.75) is 36.0 Å². The van der Waals surface area contributed by atoms with Gasteiger partial charge < -0.3 is 10.6 Å². The lowest BCUT2D eigenvalue weighted by atomic mass is 10.1. The minimum Gasteiger partial charge on any atom is -0.342 e. The predicted molar refractivity (Wildman–Crippen MR) is 83.3 cm³/mol. The monoisotopic (exact) mass is 342 g/mol. The average molecular weight is 343 g/mol. The third kappa shape index (κ3) is 4.23. The molecule has 2 N–H and O–H groups in total. The molecule has 0 bridgehead atoms. The number of hydrogen-bond donors (Lipinski definition) is 1. The Morgan fingerprint density at radius 1 is 1.37 bits per heavy atom. The van der Waals surface area contributed by atoms with Crippen LogP contribution in [0.1, 0.15) is 19.8 Å². The Bertz CT molecular complexity index is 430. The van der Waals surface area contributed by atoms with E-state index >= 15 is 0 Å². The van der Waals surface area contributed by atoms with Gasteiger partial charge in [0.05, 0.1) is 5.25 Å². The van der Waals surface area contributed by atoms with Gasteiger partial charge >= 0.3 is 0 Å². The fraction of sp³-hybridized carbons (Fsp3) is 0.500. The molecule has 1 aliphatic heterocycles. The summed E-state index contributed by atoms with van der Waals surface area (Å²) in [6, 6.07) is 8.33.